The second kappa shape index (κ2) is 3.66. The monoisotopic (exact) mass is 134 g/mol. The second-order valence-electron chi connectivity index (χ2n) is 1.52. The third-order valence-corrected chi connectivity index (χ3v) is 0.884. The molecule has 1 N–H and O–H groups in total. The molecule has 0 amide bonds. The summed E-state index contributed by atoms with van der Waals surface area (Å²) in [6, 6.07) is 4.76. The van der Waals surface area contributed by atoms with Gasteiger partial charge in [0.05, 0.1) is 0 Å². The molecule has 1 aromatic heterocycles. The predicted octanol–water partition coefficient (Wildman–Crippen LogP) is 0.399. The molecule has 0 unspecified atom stereocenters. The number of hydrogen-bond acceptors (Lipinski definition) is 2. The summed E-state index contributed by atoms with van der Waals surface area (Å²) in [4.78, 5) is 13.7. The molecule has 0 fully saturated rings. The number of aromatic nitrogens is 1. The Hall–Kier alpha value is -1.32. The maximum Gasteiger partial charge on any atom is 0.354 e. The lowest BCUT2D eigenvalue weighted by atomic mass is 10.4. The first-order chi connectivity index (χ1) is 4.30. The van der Waals surface area contributed by atoms with Gasteiger partial charge in [-0.1, -0.05) is 6.07 Å². The molecule has 3 nitrogen and oxygen atoms in total. The van der Waals surface area contributed by atoms with Gasteiger partial charge in [0, 0.05) is 14.6 Å². The van der Waals surface area contributed by atoms with Gasteiger partial charge in [-0.05, 0) is 12.1 Å². The summed E-state index contributed by atoms with van der Waals surface area (Å²) in [5.74, 6) is -0.990. The number of carboxylic acids is 1. The van der Waals surface area contributed by atoms with E-state index in [1.54, 1.807) is 12.1 Å². The van der Waals surface area contributed by atoms with Crippen molar-refractivity contribution in [1.29, 1.82) is 0 Å². The highest BCUT2D eigenvalue weighted by Gasteiger charge is 1.98. The second-order valence-corrected chi connectivity index (χ2v) is 1.52. The van der Waals surface area contributed by atoms with Crippen LogP contribution in [0.3, 0.4) is 0 Å². The fraction of sp³-hybridized carbons (Fsp3) is 0. The van der Waals surface area contributed by atoms with Crippen LogP contribution in [0.15, 0.2) is 24.4 Å². The van der Waals surface area contributed by atoms with E-state index in [0.717, 1.165) is 0 Å². The maximum atomic E-state index is 10.1. The average Bonchev–Trinajstić information content (AvgIpc) is 1.90. The molecule has 4 heteroatoms. The molecular weight excluding hydrogens is 129 g/mol. The van der Waals surface area contributed by atoms with Gasteiger partial charge in [-0.25, -0.2) is 9.78 Å². The molecule has 0 bridgehead atoms. The van der Waals surface area contributed by atoms with Crippen LogP contribution in [0.4, 0.5) is 0 Å². The lowest BCUT2D eigenvalue weighted by Gasteiger charge is -1.87. The Balaban J connectivity index is 0.000000810. The standard InChI is InChI=1S/C6H5NO2.B/c8-6(9)5-3-1-2-4-7-5;/h1-4H,(H,8,9);. The largest absolute Gasteiger partial charge is 0.477 e. The summed E-state index contributed by atoms with van der Waals surface area (Å²) in [5, 5.41) is 8.32. The zero-order valence-electron chi connectivity index (χ0n) is 5.19. The lowest BCUT2D eigenvalue weighted by Crippen LogP contribution is -1.97. The number of aromatic carboxylic acids is 1. The Morgan fingerprint density at radius 1 is 1.50 bits per heavy atom. The van der Waals surface area contributed by atoms with Gasteiger partial charge in [0.15, 0.2) is 0 Å². The molecule has 1 rings (SSSR count). The van der Waals surface area contributed by atoms with Crippen molar-refractivity contribution >= 4 is 14.4 Å². The molecule has 49 valence electrons. The Bertz CT molecular complexity index is 212. The van der Waals surface area contributed by atoms with Crippen molar-refractivity contribution in [1.82, 2.24) is 4.98 Å². The first-order valence-corrected chi connectivity index (χ1v) is 2.45. The van der Waals surface area contributed by atoms with Crippen molar-refractivity contribution in [2.45, 2.75) is 0 Å². The minimum Gasteiger partial charge on any atom is -0.477 e. The van der Waals surface area contributed by atoms with Crippen molar-refractivity contribution in [3.8, 4) is 0 Å². The smallest absolute Gasteiger partial charge is 0.354 e. The number of pyridine rings is 1. The SMILES string of the molecule is O=C(O)c1ccccn1.[B]. The molecule has 0 aliphatic heterocycles. The summed E-state index contributed by atoms with van der Waals surface area (Å²) in [5.41, 5.74) is 0.0810. The van der Waals surface area contributed by atoms with Crippen LogP contribution in [0, 0.1) is 0 Å². The Kier molecular flexibility index (Phi) is 3.18. The summed E-state index contributed by atoms with van der Waals surface area (Å²) >= 11 is 0. The highest BCUT2D eigenvalue weighted by molar-refractivity contribution is 5.85. The van der Waals surface area contributed by atoms with E-state index in [1.165, 1.54) is 12.3 Å². The van der Waals surface area contributed by atoms with E-state index in [1.807, 2.05) is 0 Å². The van der Waals surface area contributed by atoms with Gasteiger partial charge in [-0.3, -0.25) is 0 Å². The fourth-order valence-corrected chi connectivity index (χ4v) is 0.489. The number of rotatable bonds is 1. The minimum absolute atomic E-state index is 0. The van der Waals surface area contributed by atoms with Crippen molar-refractivity contribution in [3.63, 3.8) is 0 Å². The molecule has 3 radical (unpaired) electrons. The van der Waals surface area contributed by atoms with Gasteiger partial charge < -0.3 is 5.11 Å². The van der Waals surface area contributed by atoms with Gasteiger partial charge in [0.2, 0.25) is 0 Å². The van der Waals surface area contributed by atoms with E-state index >= 15 is 0 Å². The first kappa shape index (κ1) is 8.68. The van der Waals surface area contributed by atoms with E-state index in [9.17, 15) is 4.79 Å². The molecular formula is C6H5BNO2. The molecule has 0 aliphatic rings. The van der Waals surface area contributed by atoms with Gasteiger partial charge in [-0.2, -0.15) is 0 Å². The highest BCUT2D eigenvalue weighted by Crippen LogP contribution is 1.90. The van der Waals surface area contributed by atoms with Gasteiger partial charge >= 0.3 is 5.97 Å². The number of carboxylic acid groups (broad SMARTS) is 1. The third-order valence-electron chi connectivity index (χ3n) is 0.884. The van der Waals surface area contributed by atoms with Crippen molar-refractivity contribution in [2.75, 3.05) is 0 Å². The Labute approximate surface area is 60.3 Å². The molecule has 1 heterocycles. The molecule has 0 spiro atoms. The van der Waals surface area contributed by atoms with Crippen LogP contribution in [0.2, 0.25) is 0 Å². The number of hydrogen-bond donors (Lipinski definition) is 1. The lowest BCUT2D eigenvalue weighted by molar-refractivity contribution is 0.0690. The maximum absolute atomic E-state index is 10.1. The van der Waals surface area contributed by atoms with Crippen LogP contribution in [0.25, 0.3) is 0 Å². The van der Waals surface area contributed by atoms with E-state index in [2.05, 4.69) is 4.98 Å². The highest BCUT2D eigenvalue weighted by atomic mass is 16.4. The van der Waals surface area contributed by atoms with E-state index in [4.69, 9.17) is 5.11 Å². The molecule has 0 saturated heterocycles. The Morgan fingerprint density at radius 3 is 2.50 bits per heavy atom. The number of carbonyl (C=O) groups is 1. The fourth-order valence-electron chi connectivity index (χ4n) is 0.489. The van der Waals surface area contributed by atoms with Crippen LogP contribution >= 0.6 is 0 Å². The topological polar surface area (TPSA) is 50.2 Å². The van der Waals surface area contributed by atoms with Crippen LogP contribution in [0.1, 0.15) is 10.5 Å². The first-order valence-electron chi connectivity index (χ1n) is 2.45. The zero-order chi connectivity index (χ0) is 6.69. The van der Waals surface area contributed by atoms with Gasteiger partial charge in [0.25, 0.3) is 0 Å². The molecule has 1 aromatic rings. The molecule has 0 saturated carbocycles. The van der Waals surface area contributed by atoms with Crippen LogP contribution < -0.4 is 0 Å². The van der Waals surface area contributed by atoms with Crippen molar-refractivity contribution < 1.29 is 9.90 Å². The zero-order valence-corrected chi connectivity index (χ0v) is 5.19. The van der Waals surface area contributed by atoms with Gasteiger partial charge in [0.1, 0.15) is 5.69 Å². The van der Waals surface area contributed by atoms with Gasteiger partial charge in [-0.15, -0.1) is 0 Å². The Morgan fingerprint density at radius 2 is 2.20 bits per heavy atom. The summed E-state index contributed by atoms with van der Waals surface area (Å²) in [6.07, 6.45) is 1.45. The average molecular weight is 134 g/mol. The van der Waals surface area contributed by atoms with E-state index < -0.39 is 5.97 Å². The molecule has 0 aromatic carbocycles. The number of nitrogens with zero attached hydrogens (tertiary/aromatic N) is 1. The van der Waals surface area contributed by atoms with Crippen molar-refractivity contribution in [3.05, 3.63) is 30.1 Å². The molecule has 0 atom stereocenters. The quantitative estimate of drug-likeness (QED) is 0.565. The third kappa shape index (κ3) is 1.89. The minimum atomic E-state index is -0.990. The molecule has 0 aliphatic carbocycles. The summed E-state index contributed by atoms with van der Waals surface area (Å²) < 4.78 is 0. The van der Waals surface area contributed by atoms with Crippen LogP contribution in [0.5, 0.6) is 0 Å². The van der Waals surface area contributed by atoms with Crippen molar-refractivity contribution in [2.24, 2.45) is 0 Å². The normalized spacial score (nSPS) is 8.00. The van der Waals surface area contributed by atoms with Crippen LogP contribution in [-0.4, -0.2) is 24.5 Å². The van der Waals surface area contributed by atoms with Crippen LogP contribution in [-0.2, 0) is 0 Å². The van der Waals surface area contributed by atoms with E-state index in [0.29, 0.717) is 0 Å². The van der Waals surface area contributed by atoms with E-state index in [-0.39, 0.29) is 14.1 Å². The predicted molar refractivity (Wildman–Crippen MR) is 37.0 cm³/mol. The summed E-state index contributed by atoms with van der Waals surface area (Å²) in [7, 11) is 0. The molecule has 10 heavy (non-hydrogen) atoms. The summed E-state index contributed by atoms with van der Waals surface area (Å²) in [6.45, 7) is 0.